The van der Waals surface area contributed by atoms with Crippen molar-refractivity contribution in [1.29, 1.82) is 0 Å². The highest BCUT2D eigenvalue weighted by Gasteiger charge is 2.31. The molecule has 0 aromatic heterocycles. The molecule has 1 aliphatic heterocycles. The van der Waals surface area contributed by atoms with Crippen molar-refractivity contribution >= 4 is 54.7 Å². The molecule has 0 bridgehead atoms. The maximum absolute atomic E-state index is 11.9. The summed E-state index contributed by atoms with van der Waals surface area (Å²) < 4.78 is 5.58. The highest BCUT2D eigenvalue weighted by atomic mass is 79.9. The second-order valence-electron chi connectivity index (χ2n) is 4.19. The first-order chi connectivity index (χ1) is 10.3. The van der Waals surface area contributed by atoms with E-state index in [9.17, 15) is 19.7 Å². The van der Waals surface area contributed by atoms with Crippen molar-refractivity contribution in [3.8, 4) is 0 Å². The van der Waals surface area contributed by atoms with Gasteiger partial charge in [0, 0.05) is 11.7 Å². The largest absolute Gasteiger partial charge is 0.421 e. The van der Waals surface area contributed by atoms with Crippen LogP contribution in [0.25, 0.3) is 0 Å². The van der Waals surface area contributed by atoms with Gasteiger partial charge in [0.15, 0.2) is 10.9 Å². The van der Waals surface area contributed by atoms with Crippen LogP contribution in [-0.2, 0) is 19.2 Å². The number of hydrogen-bond donors (Lipinski definition) is 0. The summed E-state index contributed by atoms with van der Waals surface area (Å²) in [4.78, 5) is 37.9. The summed E-state index contributed by atoms with van der Waals surface area (Å²) in [5.74, 6) is -0.141. The van der Waals surface area contributed by atoms with E-state index in [0.29, 0.717) is 21.1 Å². The Hall–Kier alpha value is -0.870. The number of nitrogens with zero attached hydrogens (tertiary/aromatic N) is 1. The van der Waals surface area contributed by atoms with E-state index in [4.69, 9.17) is 4.74 Å². The number of carbonyl (C=O) groups is 2. The summed E-state index contributed by atoms with van der Waals surface area (Å²) >= 11 is 7.30. The van der Waals surface area contributed by atoms with Crippen molar-refractivity contribution in [2.45, 2.75) is 31.4 Å². The lowest BCUT2D eigenvalue weighted by Gasteiger charge is -2.13. The Morgan fingerprint density at radius 3 is 2.73 bits per heavy atom. The van der Waals surface area contributed by atoms with E-state index in [0.717, 1.165) is 18.2 Å². The van der Waals surface area contributed by atoms with Gasteiger partial charge in [-0.3, -0.25) is 4.79 Å². The second kappa shape index (κ2) is 9.31. The van der Waals surface area contributed by atoms with Crippen LogP contribution in [0.5, 0.6) is 0 Å². The minimum Gasteiger partial charge on any atom is -0.421 e. The SMILES string of the molecule is CCCC(SC(=O)CCO[N+](=O)[O-])C1=CC(=C(Br)Br)OC1=O. The van der Waals surface area contributed by atoms with Crippen LogP contribution in [-0.4, -0.2) is 28.0 Å². The van der Waals surface area contributed by atoms with Crippen molar-refractivity contribution in [2.75, 3.05) is 6.61 Å². The minimum atomic E-state index is -0.942. The lowest BCUT2D eigenvalue weighted by atomic mass is 10.1. The van der Waals surface area contributed by atoms with E-state index in [1.54, 1.807) is 6.08 Å². The molecule has 1 atom stereocenters. The van der Waals surface area contributed by atoms with Gasteiger partial charge >= 0.3 is 5.97 Å². The highest BCUT2D eigenvalue weighted by molar-refractivity contribution is 9.28. The number of rotatable bonds is 8. The molecule has 0 radical (unpaired) electrons. The van der Waals surface area contributed by atoms with Crippen molar-refractivity contribution in [2.24, 2.45) is 0 Å². The van der Waals surface area contributed by atoms with Crippen molar-refractivity contribution in [3.05, 3.63) is 30.9 Å². The predicted octanol–water partition coefficient (Wildman–Crippen LogP) is 3.46. The summed E-state index contributed by atoms with van der Waals surface area (Å²) in [5, 5.41) is 8.47. The summed E-state index contributed by atoms with van der Waals surface area (Å²) in [5.41, 5.74) is 0.404. The monoisotopic (exact) mass is 457 g/mol. The molecule has 10 heteroatoms. The van der Waals surface area contributed by atoms with E-state index in [-0.39, 0.29) is 23.4 Å². The van der Waals surface area contributed by atoms with Gasteiger partial charge in [-0.25, -0.2) is 4.79 Å². The van der Waals surface area contributed by atoms with E-state index in [1.807, 2.05) is 6.92 Å². The van der Waals surface area contributed by atoms with Crippen LogP contribution in [0.4, 0.5) is 0 Å². The summed E-state index contributed by atoms with van der Waals surface area (Å²) in [6, 6.07) is 0. The molecule has 1 aliphatic rings. The van der Waals surface area contributed by atoms with Crippen LogP contribution in [0.3, 0.4) is 0 Å². The average Bonchev–Trinajstić information content (AvgIpc) is 2.80. The molecule has 0 aromatic rings. The zero-order valence-corrected chi connectivity index (χ0v) is 15.5. The molecule has 0 spiro atoms. The van der Waals surface area contributed by atoms with Crippen LogP contribution in [0.15, 0.2) is 20.8 Å². The van der Waals surface area contributed by atoms with Gasteiger partial charge in [0.2, 0.25) is 0 Å². The first-order valence-electron chi connectivity index (χ1n) is 6.31. The van der Waals surface area contributed by atoms with Gasteiger partial charge in [-0.1, -0.05) is 25.1 Å². The standard InChI is InChI=1S/C12H13Br2NO6S/c1-2-3-9(22-10(16)4-5-20-15(18)19)7-6-8(11(13)14)21-12(7)17/h6,9H,2-5H2,1H3. The number of allylic oxidation sites excluding steroid dienone is 1. The molecule has 0 saturated heterocycles. The molecule has 0 saturated carbocycles. The topological polar surface area (TPSA) is 95.7 Å². The molecule has 1 heterocycles. The van der Waals surface area contributed by atoms with Crippen LogP contribution in [0.1, 0.15) is 26.2 Å². The smallest absolute Gasteiger partial charge is 0.340 e. The third-order valence-corrected chi connectivity index (χ3v) is 4.61. The van der Waals surface area contributed by atoms with Gasteiger partial charge in [-0.2, -0.15) is 0 Å². The quantitative estimate of drug-likeness (QED) is 0.312. The molecule has 1 unspecified atom stereocenters. The maximum atomic E-state index is 11.9. The molecule has 0 amide bonds. The molecule has 0 aromatic carbocycles. The molecule has 0 aliphatic carbocycles. The first-order valence-corrected chi connectivity index (χ1v) is 8.77. The Morgan fingerprint density at radius 2 is 2.23 bits per heavy atom. The molecular formula is C12H13Br2NO6S. The molecule has 122 valence electrons. The zero-order chi connectivity index (χ0) is 16.7. The maximum Gasteiger partial charge on any atom is 0.340 e. The number of ether oxygens (including phenoxy) is 1. The lowest BCUT2D eigenvalue weighted by molar-refractivity contribution is -0.757. The van der Waals surface area contributed by atoms with Gasteiger partial charge in [0.25, 0.3) is 5.09 Å². The Kier molecular flexibility index (Phi) is 8.12. The van der Waals surface area contributed by atoms with Gasteiger partial charge in [0.05, 0.1) is 5.57 Å². The second-order valence-corrected chi connectivity index (χ2v) is 8.10. The van der Waals surface area contributed by atoms with Gasteiger partial charge in [-0.05, 0) is 44.4 Å². The Balaban J connectivity index is 2.71. The molecule has 1 rings (SSSR count). The van der Waals surface area contributed by atoms with Gasteiger partial charge in [-0.15, -0.1) is 10.1 Å². The van der Waals surface area contributed by atoms with E-state index in [2.05, 4.69) is 36.7 Å². The molecule has 0 fully saturated rings. The summed E-state index contributed by atoms with van der Waals surface area (Å²) in [6.45, 7) is 1.64. The Bertz CT molecular complexity index is 530. The third kappa shape index (κ3) is 6.09. The lowest BCUT2D eigenvalue weighted by Crippen LogP contribution is -2.16. The van der Waals surface area contributed by atoms with Crippen LogP contribution in [0.2, 0.25) is 0 Å². The predicted molar refractivity (Wildman–Crippen MR) is 87.9 cm³/mol. The molecular weight excluding hydrogens is 446 g/mol. The zero-order valence-electron chi connectivity index (χ0n) is 11.5. The number of esters is 1. The van der Waals surface area contributed by atoms with E-state index >= 15 is 0 Å². The van der Waals surface area contributed by atoms with E-state index in [1.165, 1.54) is 0 Å². The van der Waals surface area contributed by atoms with Crippen LogP contribution < -0.4 is 0 Å². The summed E-state index contributed by atoms with van der Waals surface area (Å²) in [6.07, 6.45) is 2.87. The number of thioether (sulfide) groups is 1. The van der Waals surface area contributed by atoms with E-state index < -0.39 is 11.1 Å². The van der Waals surface area contributed by atoms with Crippen molar-refractivity contribution < 1.29 is 24.3 Å². The van der Waals surface area contributed by atoms with Crippen LogP contribution in [0, 0.1) is 10.1 Å². The fourth-order valence-corrected chi connectivity index (χ4v) is 3.22. The van der Waals surface area contributed by atoms with Crippen molar-refractivity contribution in [3.63, 3.8) is 0 Å². The first kappa shape index (κ1) is 19.2. The van der Waals surface area contributed by atoms with Gasteiger partial charge < -0.3 is 9.57 Å². The fraction of sp³-hybridized carbons (Fsp3) is 0.500. The number of hydrogen-bond acceptors (Lipinski definition) is 7. The summed E-state index contributed by atoms with van der Waals surface area (Å²) in [7, 11) is 0. The minimum absolute atomic E-state index is 0.0982. The van der Waals surface area contributed by atoms with Gasteiger partial charge in [0.1, 0.15) is 10.00 Å². The Morgan fingerprint density at radius 1 is 1.55 bits per heavy atom. The highest BCUT2D eigenvalue weighted by Crippen LogP contribution is 2.34. The molecule has 0 N–H and O–H groups in total. The average molecular weight is 459 g/mol. The van der Waals surface area contributed by atoms with Crippen LogP contribution >= 0.6 is 43.6 Å². The molecule has 22 heavy (non-hydrogen) atoms. The number of cyclic esters (lactones) is 1. The number of halogens is 2. The van der Waals surface area contributed by atoms with Crippen molar-refractivity contribution in [1.82, 2.24) is 0 Å². The fourth-order valence-electron chi connectivity index (χ4n) is 1.67. The Labute approximate surface area is 147 Å². The molecule has 7 nitrogen and oxygen atoms in total. The third-order valence-electron chi connectivity index (χ3n) is 2.59. The normalized spacial score (nSPS) is 15.1. The number of carbonyl (C=O) groups excluding carboxylic acids is 2.